The van der Waals surface area contributed by atoms with Crippen LogP contribution in [-0.2, 0) is 31.0 Å². The SMILES string of the molecule is CC(=O)NCc1ccc(S(=O)(=O)NC(=O)C2CCN(c3ccccc3Br)C2=O)cc1. The molecule has 0 aliphatic carbocycles. The highest BCUT2D eigenvalue weighted by molar-refractivity contribution is 9.10. The lowest BCUT2D eigenvalue weighted by molar-refractivity contribution is -0.131. The first-order valence-electron chi connectivity index (χ1n) is 9.15. The molecule has 10 heteroatoms. The van der Waals surface area contributed by atoms with E-state index in [-0.39, 0.29) is 23.8 Å². The van der Waals surface area contributed by atoms with Gasteiger partial charge in [0, 0.05) is 24.5 Å². The highest BCUT2D eigenvalue weighted by Crippen LogP contribution is 2.31. The molecule has 1 heterocycles. The second-order valence-electron chi connectivity index (χ2n) is 6.81. The van der Waals surface area contributed by atoms with Gasteiger partial charge in [-0.25, -0.2) is 13.1 Å². The maximum Gasteiger partial charge on any atom is 0.264 e. The number of para-hydroxylation sites is 1. The Morgan fingerprint density at radius 1 is 1.13 bits per heavy atom. The minimum absolute atomic E-state index is 0.101. The second-order valence-corrected chi connectivity index (χ2v) is 9.34. The molecule has 0 aromatic heterocycles. The van der Waals surface area contributed by atoms with Crippen LogP contribution in [0.4, 0.5) is 5.69 Å². The average molecular weight is 494 g/mol. The van der Waals surface area contributed by atoms with Crippen LogP contribution in [-0.4, -0.2) is 32.7 Å². The molecule has 1 aliphatic heterocycles. The van der Waals surface area contributed by atoms with Gasteiger partial charge in [-0.05, 0) is 52.2 Å². The van der Waals surface area contributed by atoms with Gasteiger partial charge >= 0.3 is 0 Å². The normalized spacial score (nSPS) is 16.4. The molecule has 2 aromatic carbocycles. The molecule has 0 spiro atoms. The monoisotopic (exact) mass is 493 g/mol. The van der Waals surface area contributed by atoms with Crippen LogP contribution in [0.3, 0.4) is 0 Å². The fraction of sp³-hybridized carbons (Fsp3) is 0.250. The zero-order valence-corrected chi connectivity index (χ0v) is 18.5. The zero-order valence-electron chi connectivity index (χ0n) is 16.1. The number of carbonyl (C=O) groups excluding carboxylic acids is 3. The predicted octanol–water partition coefficient (Wildman–Crippen LogP) is 1.94. The molecule has 1 saturated heterocycles. The lowest BCUT2D eigenvalue weighted by Crippen LogP contribution is -2.39. The van der Waals surface area contributed by atoms with E-state index < -0.39 is 27.8 Å². The molecule has 1 fully saturated rings. The number of benzene rings is 2. The van der Waals surface area contributed by atoms with Crippen molar-refractivity contribution in [2.24, 2.45) is 5.92 Å². The van der Waals surface area contributed by atoms with Crippen LogP contribution in [0.2, 0.25) is 0 Å². The molecule has 2 N–H and O–H groups in total. The van der Waals surface area contributed by atoms with Crippen molar-refractivity contribution in [2.75, 3.05) is 11.4 Å². The Labute approximate surface area is 182 Å². The quantitative estimate of drug-likeness (QED) is 0.597. The van der Waals surface area contributed by atoms with E-state index in [4.69, 9.17) is 0 Å². The van der Waals surface area contributed by atoms with Gasteiger partial charge in [-0.15, -0.1) is 0 Å². The molecule has 8 nitrogen and oxygen atoms in total. The smallest absolute Gasteiger partial charge is 0.264 e. The number of nitrogens with zero attached hydrogens (tertiary/aromatic N) is 1. The van der Waals surface area contributed by atoms with Crippen LogP contribution < -0.4 is 14.9 Å². The maximum absolute atomic E-state index is 12.7. The van der Waals surface area contributed by atoms with Gasteiger partial charge in [0.25, 0.3) is 10.0 Å². The Morgan fingerprint density at radius 2 is 1.80 bits per heavy atom. The van der Waals surface area contributed by atoms with Crippen LogP contribution in [0.1, 0.15) is 18.9 Å². The number of sulfonamides is 1. The van der Waals surface area contributed by atoms with Crippen LogP contribution in [0, 0.1) is 5.92 Å². The van der Waals surface area contributed by atoms with Gasteiger partial charge < -0.3 is 10.2 Å². The number of rotatable bonds is 6. The van der Waals surface area contributed by atoms with E-state index in [0.29, 0.717) is 22.3 Å². The molecular weight excluding hydrogens is 474 g/mol. The zero-order chi connectivity index (χ0) is 21.9. The Balaban J connectivity index is 1.68. The minimum Gasteiger partial charge on any atom is -0.352 e. The van der Waals surface area contributed by atoms with Crippen LogP contribution >= 0.6 is 15.9 Å². The Bertz CT molecular complexity index is 1090. The Morgan fingerprint density at radius 3 is 2.43 bits per heavy atom. The topological polar surface area (TPSA) is 113 Å². The first kappa shape index (κ1) is 22.0. The average Bonchev–Trinajstić information content (AvgIpc) is 3.08. The van der Waals surface area contributed by atoms with Gasteiger partial charge in [0.2, 0.25) is 17.7 Å². The molecular formula is C20H20BrN3O5S. The second kappa shape index (κ2) is 8.97. The molecule has 3 rings (SSSR count). The molecule has 0 bridgehead atoms. The summed E-state index contributed by atoms with van der Waals surface area (Å²) in [6.45, 7) is 1.97. The summed E-state index contributed by atoms with van der Waals surface area (Å²) >= 11 is 3.38. The molecule has 0 radical (unpaired) electrons. The van der Waals surface area contributed by atoms with Crippen molar-refractivity contribution < 1.29 is 22.8 Å². The highest BCUT2D eigenvalue weighted by atomic mass is 79.9. The van der Waals surface area contributed by atoms with E-state index >= 15 is 0 Å². The summed E-state index contributed by atoms with van der Waals surface area (Å²) in [6.07, 6.45) is 0.219. The molecule has 1 aliphatic rings. The number of amides is 3. The molecule has 0 saturated carbocycles. The van der Waals surface area contributed by atoms with Crippen LogP contribution in [0.25, 0.3) is 0 Å². The van der Waals surface area contributed by atoms with Crippen LogP contribution in [0.15, 0.2) is 57.9 Å². The van der Waals surface area contributed by atoms with Gasteiger partial charge in [-0.1, -0.05) is 24.3 Å². The van der Waals surface area contributed by atoms with Crippen molar-refractivity contribution in [3.63, 3.8) is 0 Å². The molecule has 2 aromatic rings. The van der Waals surface area contributed by atoms with Gasteiger partial charge in [0.1, 0.15) is 5.92 Å². The highest BCUT2D eigenvalue weighted by Gasteiger charge is 2.39. The van der Waals surface area contributed by atoms with Crippen molar-refractivity contribution in [1.29, 1.82) is 0 Å². The van der Waals surface area contributed by atoms with Crippen molar-refractivity contribution in [1.82, 2.24) is 10.0 Å². The van der Waals surface area contributed by atoms with E-state index in [1.807, 2.05) is 10.8 Å². The molecule has 1 atom stereocenters. The molecule has 1 unspecified atom stereocenters. The molecule has 158 valence electrons. The Kier molecular flexibility index (Phi) is 6.57. The van der Waals surface area contributed by atoms with Crippen molar-refractivity contribution in [3.05, 3.63) is 58.6 Å². The first-order valence-corrected chi connectivity index (χ1v) is 11.4. The molecule has 30 heavy (non-hydrogen) atoms. The Hall–Kier alpha value is -2.72. The third-order valence-corrected chi connectivity index (χ3v) is 6.71. The minimum atomic E-state index is -4.13. The third kappa shape index (κ3) is 4.88. The number of hydrogen-bond donors (Lipinski definition) is 2. The van der Waals surface area contributed by atoms with Gasteiger partial charge in [-0.3, -0.25) is 14.4 Å². The predicted molar refractivity (Wildman–Crippen MR) is 114 cm³/mol. The number of carbonyl (C=O) groups is 3. The first-order chi connectivity index (χ1) is 14.2. The summed E-state index contributed by atoms with van der Waals surface area (Å²) in [5, 5.41) is 2.61. The van der Waals surface area contributed by atoms with Crippen molar-refractivity contribution in [2.45, 2.75) is 24.8 Å². The van der Waals surface area contributed by atoms with Crippen molar-refractivity contribution >= 4 is 49.4 Å². The summed E-state index contributed by atoms with van der Waals surface area (Å²) in [4.78, 5) is 37.6. The van der Waals surface area contributed by atoms with Gasteiger partial charge in [0.15, 0.2) is 0 Å². The fourth-order valence-electron chi connectivity index (χ4n) is 3.11. The van der Waals surface area contributed by atoms with Crippen LogP contribution in [0.5, 0.6) is 0 Å². The van der Waals surface area contributed by atoms with E-state index in [0.717, 1.165) is 0 Å². The number of nitrogens with one attached hydrogen (secondary N) is 2. The summed E-state index contributed by atoms with van der Waals surface area (Å²) in [5.41, 5.74) is 1.35. The summed E-state index contributed by atoms with van der Waals surface area (Å²) in [7, 11) is -4.13. The molecule has 3 amide bonds. The standard InChI is InChI=1S/C20H20BrN3O5S/c1-13(25)22-12-14-6-8-15(9-7-14)30(28,29)23-19(26)16-10-11-24(20(16)27)18-5-3-2-4-17(18)21/h2-9,16H,10-12H2,1H3,(H,22,25)(H,23,26). The van der Waals surface area contributed by atoms with Crippen molar-refractivity contribution in [3.8, 4) is 0 Å². The number of hydrogen-bond acceptors (Lipinski definition) is 5. The summed E-state index contributed by atoms with van der Waals surface area (Å²) in [5.74, 6) is -2.57. The third-order valence-electron chi connectivity index (χ3n) is 4.68. The van der Waals surface area contributed by atoms with Gasteiger partial charge in [0.05, 0.1) is 10.6 Å². The summed E-state index contributed by atoms with van der Waals surface area (Å²) in [6, 6.07) is 12.9. The van der Waals surface area contributed by atoms with E-state index in [2.05, 4.69) is 21.2 Å². The lowest BCUT2D eigenvalue weighted by atomic mass is 10.1. The lowest BCUT2D eigenvalue weighted by Gasteiger charge is -2.18. The van der Waals surface area contributed by atoms with E-state index in [9.17, 15) is 22.8 Å². The van der Waals surface area contributed by atoms with E-state index in [1.165, 1.54) is 24.0 Å². The summed E-state index contributed by atoms with van der Waals surface area (Å²) < 4.78 is 27.8. The number of anilines is 1. The van der Waals surface area contributed by atoms with E-state index in [1.54, 1.807) is 30.3 Å². The fourth-order valence-corrected chi connectivity index (χ4v) is 4.63. The van der Waals surface area contributed by atoms with Gasteiger partial charge in [-0.2, -0.15) is 0 Å². The maximum atomic E-state index is 12.7. The largest absolute Gasteiger partial charge is 0.352 e. The number of halogens is 1.